The van der Waals surface area contributed by atoms with Gasteiger partial charge >= 0.3 is 0 Å². The molecule has 1 nitrogen and oxygen atoms in total. The van der Waals surface area contributed by atoms with Gasteiger partial charge in [0.05, 0.1) is 0 Å². The van der Waals surface area contributed by atoms with Crippen molar-refractivity contribution in [2.24, 2.45) is 0 Å². The van der Waals surface area contributed by atoms with Crippen LogP contribution in [0.1, 0.15) is 0 Å². The number of likely N-dealkylation sites (N-methyl/N-ethyl adjacent to an activating group) is 1. The van der Waals surface area contributed by atoms with Gasteiger partial charge in [-0.25, -0.2) is 0 Å². The number of nitrogens with one attached hydrogen (secondary N) is 1. The molecule has 0 amide bonds. The van der Waals surface area contributed by atoms with Crippen LogP contribution in [0.3, 0.4) is 0 Å². The first kappa shape index (κ1) is 8.08. The van der Waals surface area contributed by atoms with E-state index in [1.807, 2.05) is 25.3 Å². The molecular formula is C9H13NSi. The molecule has 1 aliphatic rings. The Labute approximate surface area is 70.6 Å². The summed E-state index contributed by atoms with van der Waals surface area (Å²) in [4.78, 5) is 0. The number of allylic oxidation sites excluding steroid dienone is 7. The Bertz CT molecular complexity index is 246. The Morgan fingerprint density at radius 2 is 1.73 bits per heavy atom. The molecule has 1 aliphatic carbocycles. The maximum absolute atomic E-state index is 3.16. The molecular weight excluding hydrogens is 150 g/mol. The van der Waals surface area contributed by atoms with Crippen LogP contribution in [0, 0.1) is 0 Å². The first-order valence-electron chi connectivity index (χ1n) is 3.74. The zero-order valence-corrected chi connectivity index (χ0v) is 8.96. The SMILES string of the molecule is CNC1=C([SiH3])/C=C\C=C/C=C1. The highest BCUT2D eigenvalue weighted by Gasteiger charge is 1.91. The second-order valence-electron chi connectivity index (χ2n) is 2.45. The van der Waals surface area contributed by atoms with Gasteiger partial charge in [-0.2, -0.15) is 0 Å². The predicted molar refractivity (Wildman–Crippen MR) is 53.4 cm³/mol. The average Bonchev–Trinajstić information content (AvgIpc) is 1.98. The van der Waals surface area contributed by atoms with Crippen LogP contribution in [0.5, 0.6) is 0 Å². The van der Waals surface area contributed by atoms with Gasteiger partial charge in [0, 0.05) is 23.0 Å². The van der Waals surface area contributed by atoms with E-state index in [-0.39, 0.29) is 0 Å². The monoisotopic (exact) mass is 163 g/mol. The van der Waals surface area contributed by atoms with E-state index in [1.165, 1.54) is 10.9 Å². The smallest absolute Gasteiger partial charge is 0.0412 e. The molecule has 0 aromatic carbocycles. The Morgan fingerprint density at radius 3 is 2.36 bits per heavy atom. The van der Waals surface area contributed by atoms with Crippen LogP contribution in [-0.2, 0) is 0 Å². The van der Waals surface area contributed by atoms with Crippen molar-refractivity contribution in [1.29, 1.82) is 0 Å². The molecule has 0 atom stereocenters. The molecule has 2 heteroatoms. The van der Waals surface area contributed by atoms with Crippen molar-refractivity contribution in [3.05, 3.63) is 47.3 Å². The quantitative estimate of drug-likeness (QED) is 0.554. The fourth-order valence-corrected chi connectivity index (χ4v) is 1.59. The van der Waals surface area contributed by atoms with Crippen LogP contribution in [0.2, 0.25) is 0 Å². The number of hydrogen-bond acceptors (Lipinski definition) is 1. The molecule has 0 aliphatic heterocycles. The Balaban J connectivity index is 2.92. The van der Waals surface area contributed by atoms with Crippen LogP contribution in [0.15, 0.2) is 47.3 Å². The summed E-state index contributed by atoms with van der Waals surface area (Å²) in [6.07, 6.45) is 12.4. The van der Waals surface area contributed by atoms with Crippen molar-refractivity contribution in [3.8, 4) is 0 Å². The highest BCUT2D eigenvalue weighted by atomic mass is 28.1. The van der Waals surface area contributed by atoms with Gasteiger partial charge < -0.3 is 5.32 Å². The summed E-state index contributed by atoms with van der Waals surface area (Å²) >= 11 is 0. The van der Waals surface area contributed by atoms with Crippen molar-refractivity contribution >= 4 is 10.2 Å². The van der Waals surface area contributed by atoms with Gasteiger partial charge in [0.1, 0.15) is 0 Å². The van der Waals surface area contributed by atoms with Gasteiger partial charge in [0.25, 0.3) is 0 Å². The molecule has 0 saturated carbocycles. The summed E-state index contributed by atoms with van der Waals surface area (Å²) < 4.78 is 0. The van der Waals surface area contributed by atoms with Crippen LogP contribution in [-0.4, -0.2) is 17.3 Å². The van der Waals surface area contributed by atoms with Crippen molar-refractivity contribution < 1.29 is 0 Å². The van der Waals surface area contributed by atoms with E-state index in [2.05, 4.69) is 23.5 Å². The van der Waals surface area contributed by atoms with Gasteiger partial charge in [-0.1, -0.05) is 30.4 Å². The molecule has 0 heterocycles. The van der Waals surface area contributed by atoms with E-state index in [9.17, 15) is 0 Å². The lowest BCUT2D eigenvalue weighted by atomic mass is 10.2. The molecule has 0 unspecified atom stereocenters. The van der Waals surface area contributed by atoms with Gasteiger partial charge in [-0.15, -0.1) is 0 Å². The van der Waals surface area contributed by atoms with Gasteiger partial charge in [0.2, 0.25) is 0 Å². The molecule has 58 valence electrons. The van der Waals surface area contributed by atoms with Crippen molar-refractivity contribution in [3.63, 3.8) is 0 Å². The summed E-state index contributed by atoms with van der Waals surface area (Å²) in [5.74, 6) is 0. The molecule has 0 bridgehead atoms. The first-order chi connectivity index (χ1) is 5.34. The number of rotatable bonds is 1. The average molecular weight is 163 g/mol. The topological polar surface area (TPSA) is 12.0 Å². The summed E-state index contributed by atoms with van der Waals surface area (Å²) in [6, 6.07) is 0. The van der Waals surface area contributed by atoms with E-state index >= 15 is 0 Å². The first-order valence-corrected chi connectivity index (χ1v) is 4.74. The Hall–Kier alpha value is -1.02. The van der Waals surface area contributed by atoms with Crippen LogP contribution in [0.4, 0.5) is 0 Å². The van der Waals surface area contributed by atoms with Crippen molar-refractivity contribution in [1.82, 2.24) is 5.32 Å². The minimum atomic E-state index is 1.08. The van der Waals surface area contributed by atoms with E-state index in [0.29, 0.717) is 0 Å². The lowest BCUT2D eigenvalue weighted by Crippen LogP contribution is -2.06. The summed E-state index contributed by atoms with van der Waals surface area (Å²) in [6.45, 7) is 0. The molecule has 0 aromatic heterocycles. The zero-order valence-electron chi connectivity index (χ0n) is 6.96. The maximum Gasteiger partial charge on any atom is 0.0412 e. The molecule has 0 fully saturated rings. The Kier molecular flexibility index (Phi) is 2.92. The van der Waals surface area contributed by atoms with Crippen LogP contribution in [0.25, 0.3) is 0 Å². The lowest BCUT2D eigenvalue weighted by molar-refractivity contribution is 1.03. The summed E-state index contributed by atoms with van der Waals surface area (Å²) in [5.41, 5.74) is 1.23. The fourth-order valence-electron chi connectivity index (χ4n) is 0.982. The third-order valence-electron chi connectivity index (χ3n) is 1.64. The van der Waals surface area contributed by atoms with Gasteiger partial charge in [0.15, 0.2) is 0 Å². The maximum atomic E-state index is 3.16. The second-order valence-corrected chi connectivity index (χ2v) is 3.53. The van der Waals surface area contributed by atoms with Crippen molar-refractivity contribution in [2.75, 3.05) is 7.05 Å². The predicted octanol–water partition coefficient (Wildman–Crippen LogP) is 0.465. The Morgan fingerprint density at radius 1 is 1.09 bits per heavy atom. The van der Waals surface area contributed by atoms with Gasteiger partial charge in [-0.05, 0) is 11.3 Å². The molecule has 0 saturated heterocycles. The number of hydrogen-bond donors (Lipinski definition) is 1. The van der Waals surface area contributed by atoms with Crippen molar-refractivity contribution in [2.45, 2.75) is 0 Å². The highest BCUT2D eigenvalue weighted by Crippen LogP contribution is 2.03. The molecule has 0 radical (unpaired) electrons. The highest BCUT2D eigenvalue weighted by molar-refractivity contribution is 6.24. The third kappa shape index (κ3) is 2.24. The minimum absolute atomic E-state index is 1.08. The minimum Gasteiger partial charge on any atom is -0.388 e. The van der Waals surface area contributed by atoms with Crippen LogP contribution >= 0.6 is 0 Å². The molecule has 1 rings (SSSR count). The second kappa shape index (κ2) is 3.98. The van der Waals surface area contributed by atoms with E-state index in [4.69, 9.17) is 0 Å². The zero-order chi connectivity index (χ0) is 8.10. The molecule has 0 aromatic rings. The lowest BCUT2D eigenvalue weighted by Gasteiger charge is -2.04. The summed E-state index contributed by atoms with van der Waals surface area (Å²) in [7, 11) is 3.04. The fraction of sp³-hybridized carbons (Fsp3) is 0.111. The summed E-state index contributed by atoms with van der Waals surface area (Å²) in [5, 5.41) is 4.56. The molecule has 1 N–H and O–H groups in total. The van der Waals surface area contributed by atoms with Gasteiger partial charge in [-0.3, -0.25) is 0 Å². The van der Waals surface area contributed by atoms with E-state index in [0.717, 1.165) is 10.2 Å². The normalized spacial score (nSPS) is 22.6. The largest absolute Gasteiger partial charge is 0.388 e. The molecule has 11 heavy (non-hydrogen) atoms. The third-order valence-corrected chi connectivity index (χ3v) is 2.51. The van der Waals surface area contributed by atoms with E-state index in [1.54, 1.807) is 0 Å². The van der Waals surface area contributed by atoms with E-state index < -0.39 is 0 Å². The standard InChI is InChI=1S/C9H13NSi/c1-10-8-6-4-2-3-5-7-9(8)11/h2-7,10H,1,11H3/b3-2-,4-2?,5-3?,6-4?,7-5-,8-6?,9-7?,9-8?. The van der Waals surface area contributed by atoms with Crippen LogP contribution < -0.4 is 5.32 Å². The molecule has 0 spiro atoms.